The zero-order chi connectivity index (χ0) is 19.4. The molecule has 1 unspecified atom stereocenters. The van der Waals surface area contributed by atoms with Crippen LogP contribution in [0, 0.1) is 0 Å². The molecule has 140 valence electrons. The van der Waals surface area contributed by atoms with Crippen LogP contribution in [0.15, 0.2) is 29.2 Å². The number of nitrogens with one attached hydrogen (secondary N) is 1. The van der Waals surface area contributed by atoms with Crippen LogP contribution in [0.2, 0.25) is 0 Å². The first-order valence-corrected chi connectivity index (χ1v) is 9.52. The van der Waals surface area contributed by atoms with Gasteiger partial charge >= 0.3 is 5.97 Å². The van der Waals surface area contributed by atoms with Gasteiger partial charge in [-0.25, -0.2) is 13.1 Å². The van der Waals surface area contributed by atoms with Gasteiger partial charge in [0, 0.05) is 17.1 Å². The molecule has 0 heterocycles. The molecule has 0 aliphatic rings. The maximum Gasteiger partial charge on any atom is 0.323 e. The fourth-order valence-electron chi connectivity index (χ4n) is 2.20. The van der Waals surface area contributed by atoms with Crippen LogP contribution in [-0.2, 0) is 14.8 Å². The standard InChI is InChI=1S/C17H26N2O5S/c1-6-12(2)19(11-15(20)21)16(22)13-7-9-14(10-8-13)25(23,24)18-17(3,4)5/h7-10,12,18H,6,11H2,1-5H3,(H,20,21). The van der Waals surface area contributed by atoms with Gasteiger partial charge in [-0.05, 0) is 58.4 Å². The molecule has 0 bridgehead atoms. The van der Waals surface area contributed by atoms with Gasteiger partial charge in [-0.1, -0.05) is 6.92 Å². The first-order valence-electron chi connectivity index (χ1n) is 8.04. The third kappa shape index (κ3) is 6.13. The summed E-state index contributed by atoms with van der Waals surface area (Å²) in [5, 5.41) is 9.00. The summed E-state index contributed by atoms with van der Waals surface area (Å²) in [7, 11) is -3.69. The van der Waals surface area contributed by atoms with Crippen molar-refractivity contribution in [2.75, 3.05) is 6.54 Å². The van der Waals surface area contributed by atoms with Crippen LogP contribution in [0.5, 0.6) is 0 Å². The van der Waals surface area contributed by atoms with Gasteiger partial charge < -0.3 is 10.0 Å². The van der Waals surface area contributed by atoms with Gasteiger partial charge in [0.25, 0.3) is 5.91 Å². The lowest BCUT2D eigenvalue weighted by atomic mass is 10.1. The highest BCUT2D eigenvalue weighted by Crippen LogP contribution is 2.16. The molecule has 7 nitrogen and oxygen atoms in total. The van der Waals surface area contributed by atoms with Gasteiger partial charge in [-0.15, -0.1) is 0 Å². The second-order valence-electron chi connectivity index (χ2n) is 6.96. The van der Waals surface area contributed by atoms with Gasteiger partial charge in [0.15, 0.2) is 0 Å². The Hall–Kier alpha value is -1.93. The number of sulfonamides is 1. The molecule has 0 aromatic heterocycles. The smallest absolute Gasteiger partial charge is 0.323 e. The molecule has 1 aromatic carbocycles. The summed E-state index contributed by atoms with van der Waals surface area (Å²) in [5.41, 5.74) is -0.376. The predicted octanol–water partition coefficient (Wildman–Crippen LogP) is 2.09. The number of hydrogen-bond donors (Lipinski definition) is 2. The molecular weight excluding hydrogens is 344 g/mol. The van der Waals surface area contributed by atoms with Gasteiger partial charge in [-0.3, -0.25) is 9.59 Å². The third-order valence-electron chi connectivity index (χ3n) is 3.54. The summed E-state index contributed by atoms with van der Waals surface area (Å²) in [4.78, 5) is 24.9. The minimum atomic E-state index is -3.69. The SMILES string of the molecule is CCC(C)N(CC(=O)O)C(=O)c1ccc(S(=O)(=O)NC(C)(C)C)cc1. The van der Waals surface area contributed by atoms with Crippen molar-refractivity contribution in [3.8, 4) is 0 Å². The van der Waals surface area contributed by atoms with Crippen LogP contribution >= 0.6 is 0 Å². The van der Waals surface area contributed by atoms with E-state index in [2.05, 4.69) is 4.72 Å². The summed E-state index contributed by atoms with van der Waals surface area (Å²) in [6.45, 7) is 8.43. The molecular formula is C17H26N2O5S. The lowest BCUT2D eigenvalue weighted by molar-refractivity contribution is -0.138. The molecule has 2 N–H and O–H groups in total. The molecule has 8 heteroatoms. The zero-order valence-electron chi connectivity index (χ0n) is 15.2. The molecule has 0 saturated carbocycles. The summed E-state index contributed by atoms with van der Waals surface area (Å²) >= 11 is 0. The number of carboxylic acid groups (broad SMARTS) is 1. The van der Waals surface area contributed by atoms with E-state index < -0.39 is 34.0 Å². The van der Waals surface area contributed by atoms with Crippen LogP contribution in [0.3, 0.4) is 0 Å². The molecule has 0 fully saturated rings. The molecule has 0 radical (unpaired) electrons. The van der Waals surface area contributed by atoms with Crippen LogP contribution in [0.4, 0.5) is 0 Å². The number of aliphatic carboxylic acids is 1. The second-order valence-corrected chi connectivity index (χ2v) is 8.65. The number of carbonyl (C=O) groups is 2. The van der Waals surface area contributed by atoms with Crippen molar-refractivity contribution in [2.24, 2.45) is 0 Å². The van der Waals surface area contributed by atoms with Crippen LogP contribution in [0.25, 0.3) is 0 Å². The average Bonchev–Trinajstić information content (AvgIpc) is 2.49. The van der Waals surface area contributed by atoms with E-state index in [4.69, 9.17) is 5.11 Å². The monoisotopic (exact) mass is 370 g/mol. The highest BCUT2D eigenvalue weighted by atomic mass is 32.2. The van der Waals surface area contributed by atoms with E-state index in [0.717, 1.165) is 0 Å². The van der Waals surface area contributed by atoms with Gasteiger partial charge in [0.05, 0.1) is 4.90 Å². The maximum atomic E-state index is 12.6. The Kier molecular flexibility index (Phi) is 6.73. The first-order chi connectivity index (χ1) is 11.4. The van der Waals surface area contributed by atoms with E-state index in [1.165, 1.54) is 29.2 Å². The highest BCUT2D eigenvalue weighted by molar-refractivity contribution is 7.89. The molecule has 1 atom stereocenters. The van der Waals surface area contributed by atoms with Crippen molar-refractivity contribution in [2.45, 2.75) is 57.5 Å². The minimum Gasteiger partial charge on any atom is -0.480 e. The van der Waals surface area contributed by atoms with Crippen molar-refractivity contribution in [1.82, 2.24) is 9.62 Å². The topological polar surface area (TPSA) is 104 Å². The molecule has 0 spiro atoms. The molecule has 1 rings (SSSR count). The zero-order valence-corrected chi connectivity index (χ0v) is 16.1. The first kappa shape index (κ1) is 21.1. The van der Waals surface area contributed by atoms with Crippen molar-refractivity contribution >= 4 is 21.9 Å². The Morgan fingerprint density at radius 1 is 1.20 bits per heavy atom. The molecule has 25 heavy (non-hydrogen) atoms. The number of amides is 1. The van der Waals surface area contributed by atoms with E-state index >= 15 is 0 Å². The van der Waals surface area contributed by atoms with E-state index in [1.54, 1.807) is 27.7 Å². The predicted molar refractivity (Wildman–Crippen MR) is 94.9 cm³/mol. The Morgan fingerprint density at radius 3 is 2.12 bits per heavy atom. The van der Waals surface area contributed by atoms with E-state index in [-0.39, 0.29) is 16.5 Å². The van der Waals surface area contributed by atoms with Gasteiger partial charge in [-0.2, -0.15) is 0 Å². The van der Waals surface area contributed by atoms with Crippen molar-refractivity contribution in [3.63, 3.8) is 0 Å². The van der Waals surface area contributed by atoms with Crippen LogP contribution in [0.1, 0.15) is 51.4 Å². The van der Waals surface area contributed by atoms with E-state index in [9.17, 15) is 18.0 Å². The Morgan fingerprint density at radius 2 is 1.72 bits per heavy atom. The number of carbonyl (C=O) groups excluding carboxylic acids is 1. The Bertz CT molecular complexity index is 720. The average molecular weight is 370 g/mol. The summed E-state index contributed by atoms with van der Waals surface area (Å²) < 4.78 is 27.1. The second kappa shape index (κ2) is 7.97. The maximum absolute atomic E-state index is 12.6. The number of rotatable bonds is 7. The van der Waals surface area contributed by atoms with E-state index in [0.29, 0.717) is 6.42 Å². The van der Waals surface area contributed by atoms with Crippen molar-refractivity contribution in [3.05, 3.63) is 29.8 Å². The lowest BCUT2D eigenvalue weighted by Crippen LogP contribution is -2.42. The highest BCUT2D eigenvalue weighted by Gasteiger charge is 2.25. The third-order valence-corrected chi connectivity index (χ3v) is 5.32. The summed E-state index contributed by atoms with van der Waals surface area (Å²) in [6, 6.07) is 5.25. The van der Waals surface area contributed by atoms with Crippen molar-refractivity contribution < 1.29 is 23.1 Å². The number of nitrogens with zero attached hydrogens (tertiary/aromatic N) is 1. The molecule has 0 aliphatic heterocycles. The Labute approximate surface area is 149 Å². The van der Waals surface area contributed by atoms with Crippen molar-refractivity contribution in [1.29, 1.82) is 0 Å². The molecule has 0 aliphatic carbocycles. The van der Waals surface area contributed by atoms with Gasteiger partial charge in [0.1, 0.15) is 6.54 Å². The molecule has 1 aromatic rings. The fourth-order valence-corrected chi connectivity index (χ4v) is 3.62. The number of hydrogen-bond acceptors (Lipinski definition) is 4. The summed E-state index contributed by atoms with van der Waals surface area (Å²) in [6.07, 6.45) is 0.612. The quantitative estimate of drug-likeness (QED) is 0.765. The van der Waals surface area contributed by atoms with E-state index in [1.807, 2.05) is 6.92 Å². The Balaban J connectivity index is 3.08. The van der Waals surface area contributed by atoms with Crippen LogP contribution < -0.4 is 4.72 Å². The molecule has 1 amide bonds. The minimum absolute atomic E-state index is 0.0484. The normalized spacial score (nSPS) is 13.3. The summed E-state index contributed by atoms with van der Waals surface area (Å²) in [5.74, 6) is -1.54. The van der Waals surface area contributed by atoms with Crippen LogP contribution in [-0.4, -0.2) is 48.4 Å². The number of benzene rings is 1. The van der Waals surface area contributed by atoms with Gasteiger partial charge in [0.2, 0.25) is 10.0 Å². The largest absolute Gasteiger partial charge is 0.480 e. The fraction of sp³-hybridized carbons (Fsp3) is 0.529. The lowest BCUT2D eigenvalue weighted by Gasteiger charge is -2.27. The number of carboxylic acids is 1. The molecule has 0 saturated heterocycles.